The van der Waals surface area contributed by atoms with E-state index in [0.29, 0.717) is 0 Å². The van der Waals surface area contributed by atoms with E-state index >= 15 is 0 Å². The fraction of sp³-hybridized carbons (Fsp3) is 0.739. The zero-order valence-electron chi connectivity index (χ0n) is 16.9. The summed E-state index contributed by atoms with van der Waals surface area (Å²) in [6.45, 7) is 6.54. The molecule has 0 N–H and O–H groups in total. The van der Waals surface area contributed by atoms with Gasteiger partial charge in [-0.15, -0.1) is 0 Å². The molecular formula is C23H40O2. The highest BCUT2D eigenvalue weighted by atomic mass is 16.1. The van der Waals surface area contributed by atoms with Gasteiger partial charge in [-0.3, -0.25) is 4.79 Å². The van der Waals surface area contributed by atoms with E-state index in [4.69, 9.17) is 0 Å². The summed E-state index contributed by atoms with van der Waals surface area (Å²) in [5.74, 6) is 0.0788. The lowest BCUT2D eigenvalue weighted by Crippen LogP contribution is -2.22. The highest BCUT2D eigenvalue weighted by Gasteiger charge is 2.27. The summed E-state index contributed by atoms with van der Waals surface area (Å²) in [6.07, 6.45) is 22.5. The molecule has 0 fully saturated rings. The number of carbonyl (C=O) groups excluding carboxylic acids is 2. The number of hydrogen-bond donors (Lipinski definition) is 0. The Labute approximate surface area is 156 Å². The molecule has 0 saturated carbocycles. The predicted molar refractivity (Wildman–Crippen MR) is 109 cm³/mol. The first-order chi connectivity index (χ1) is 12.1. The van der Waals surface area contributed by atoms with Crippen molar-refractivity contribution in [2.24, 2.45) is 5.41 Å². The van der Waals surface area contributed by atoms with Gasteiger partial charge in [-0.2, -0.15) is 0 Å². The molecule has 0 aromatic rings. The molecular weight excluding hydrogens is 308 g/mol. The van der Waals surface area contributed by atoms with Crippen molar-refractivity contribution in [2.75, 3.05) is 0 Å². The fourth-order valence-electron chi connectivity index (χ4n) is 3.15. The molecule has 2 heteroatoms. The van der Waals surface area contributed by atoms with E-state index in [9.17, 15) is 9.59 Å². The second-order valence-corrected chi connectivity index (χ2v) is 7.28. The SMILES string of the molecule is CCCCCC=CC(=O)C=CCCCC(C=O)(CCCC)CCCC. The van der Waals surface area contributed by atoms with Crippen LogP contribution < -0.4 is 0 Å². The van der Waals surface area contributed by atoms with Crippen molar-refractivity contribution in [3.63, 3.8) is 0 Å². The normalized spacial score (nSPS) is 12.3. The van der Waals surface area contributed by atoms with E-state index in [1.807, 2.05) is 12.2 Å². The molecule has 0 aromatic carbocycles. The Morgan fingerprint density at radius 3 is 1.68 bits per heavy atom. The zero-order valence-corrected chi connectivity index (χ0v) is 16.9. The van der Waals surface area contributed by atoms with Crippen LogP contribution in [-0.4, -0.2) is 12.1 Å². The second kappa shape index (κ2) is 16.3. The maximum Gasteiger partial charge on any atom is 0.177 e. The van der Waals surface area contributed by atoms with E-state index in [0.717, 1.165) is 70.6 Å². The van der Waals surface area contributed by atoms with Gasteiger partial charge in [0.05, 0.1) is 0 Å². The Bertz CT molecular complexity index is 385. The molecule has 25 heavy (non-hydrogen) atoms. The first-order valence-electron chi connectivity index (χ1n) is 10.5. The lowest BCUT2D eigenvalue weighted by atomic mass is 9.76. The molecule has 0 unspecified atom stereocenters. The Hall–Kier alpha value is -1.18. The van der Waals surface area contributed by atoms with Crippen LogP contribution in [0.15, 0.2) is 24.3 Å². The number of rotatable bonds is 17. The van der Waals surface area contributed by atoms with E-state index in [-0.39, 0.29) is 11.2 Å². The molecule has 0 aliphatic carbocycles. The molecule has 0 amide bonds. The maximum absolute atomic E-state index is 11.7. The van der Waals surface area contributed by atoms with Crippen LogP contribution in [0.5, 0.6) is 0 Å². The summed E-state index contributed by atoms with van der Waals surface area (Å²) in [5, 5.41) is 0. The molecule has 0 atom stereocenters. The van der Waals surface area contributed by atoms with Gasteiger partial charge < -0.3 is 4.79 Å². The Morgan fingerprint density at radius 2 is 1.20 bits per heavy atom. The van der Waals surface area contributed by atoms with Crippen LogP contribution in [0.4, 0.5) is 0 Å². The summed E-state index contributed by atoms with van der Waals surface area (Å²) in [7, 11) is 0. The quantitative estimate of drug-likeness (QED) is 0.161. The zero-order chi connectivity index (χ0) is 18.8. The monoisotopic (exact) mass is 348 g/mol. The van der Waals surface area contributed by atoms with Gasteiger partial charge in [0.2, 0.25) is 0 Å². The number of ketones is 1. The average molecular weight is 349 g/mol. The molecule has 0 aromatic heterocycles. The topological polar surface area (TPSA) is 34.1 Å². The largest absolute Gasteiger partial charge is 0.303 e. The van der Waals surface area contributed by atoms with Crippen LogP contribution in [0.3, 0.4) is 0 Å². The molecule has 0 heterocycles. The van der Waals surface area contributed by atoms with Crippen molar-refractivity contribution < 1.29 is 9.59 Å². The van der Waals surface area contributed by atoms with Gasteiger partial charge >= 0.3 is 0 Å². The van der Waals surface area contributed by atoms with Crippen molar-refractivity contribution in [3.8, 4) is 0 Å². The summed E-state index contributed by atoms with van der Waals surface area (Å²) in [5.41, 5.74) is -0.136. The van der Waals surface area contributed by atoms with Gasteiger partial charge in [0, 0.05) is 5.41 Å². The summed E-state index contributed by atoms with van der Waals surface area (Å²) < 4.78 is 0. The third kappa shape index (κ3) is 12.8. The maximum atomic E-state index is 11.7. The molecule has 2 nitrogen and oxygen atoms in total. The summed E-state index contributed by atoms with van der Waals surface area (Å²) in [6, 6.07) is 0. The Morgan fingerprint density at radius 1 is 0.720 bits per heavy atom. The van der Waals surface area contributed by atoms with Crippen molar-refractivity contribution in [1.82, 2.24) is 0 Å². The number of unbranched alkanes of at least 4 members (excludes halogenated alkanes) is 6. The molecule has 0 bridgehead atoms. The second-order valence-electron chi connectivity index (χ2n) is 7.28. The van der Waals surface area contributed by atoms with Crippen LogP contribution >= 0.6 is 0 Å². The smallest absolute Gasteiger partial charge is 0.177 e. The molecule has 0 radical (unpaired) electrons. The molecule has 144 valence electrons. The lowest BCUT2D eigenvalue weighted by molar-refractivity contribution is -0.117. The van der Waals surface area contributed by atoms with E-state index in [1.165, 1.54) is 19.1 Å². The van der Waals surface area contributed by atoms with Crippen molar-refractivity contribution in [1.29, 1.82) is 0 Å². The molecule has 0 rings (SSSR count). The number of carbonyl (C=O) groups is 2. The molecule has 0 aliphatic heterocycles. The first kappa shape index (κ1) is 23.8. The van der Waals surface area contributed by atoms with Gasteiger partial charge in [0.1, 0.15) is 6.29 Å². The Balaban J connectivity index is 4.21. The van der Waals surface area contributed by atoms with Gasteiger partial charge in [-0.1, -0.05) is 71.4 Å². The van der Waals surface area contributed by atoms with Gasteiger partial charge in [-0.25, -0.2) is 0 Å². The highest BCUT2D eigenvalue weighted by Crippen LogP contribution is 2.34. The van der Waals surface area contributed by atoms with Crippen molar-refractivity contribution >= 4 is 12.1 Å². The van der Waals surface area contributed by atoms with Crippen molar-refractivity contribution in [3.05, 3.63) is 24.3 Å². The molecule has 0 spiro atoms. The highest BCUT2D eigenvalue weighted by molar-refractivity contribution is 5.99. The van der Waals surface area contributed by atoms with Gasteiger partial charge in [-0.05, 0) is 57.1 Å². The minimum absolute atomic E-state index is 0.0788. The lowest BCUT2D eigenvalue weighted by Gasteiger charge is -2.28. The standard InChI is InChI=1S/C23H40O2/c1-4-7-10-11-13-16-22(25)17-14-12-15-20-23(21-24,18-8-5-2)19-9-6-3/h13-14,16-17,21H,4-12,15,18-20H2,1-3H3. The van der Waals surface area contributed by atoms with Crippen LogP contribution in [0.25, 0.3) is 0 Å². The van der Waals surface area contributed by atoms with Crippen LogP contribution in [0.1, 0.15) is 104 Å². The van der Waals surface area contributed by atoms with E-state index in [1.54, 1.807) is 12.2 Å². The van der Waals surface area contributed by atoms with Gasteiger partial charge in [0.25, 0.3) is 0 Å². The van der Waals surface area contributed by atoms with E-state index < -0.39 is 0 Å². The number of allylic oxidation sites excluding steroid dienone is 4. The predicted octanol–water partition coefficient (Wildman–Crippen LogP) is 6.98. The number of hydrogen-bond acceptors (Lipinski definition) is 2. The third-order valence-corrected chi connectivity index (χ3v) is 4.89. The minimum atomic E-state index is -0.136. The molecule has 0 aliphatic rings. The van der Waals surface area contributed by atoms with E-state index in [2.05, 4.69) is 20.8 Å². The summed E-state index contributed by atoms with van der Waals surface area (Å²) in [4.78, 5) is 23.5. The molecule has 0 saturated heterocycles. The van der Waals surface area contributed by atoms with Crippen LogP contribution in [0.2, 0.25) is 0 Å². The van der Waals surface area contributed by atoms with Crippen molar-refractivity contribution in [2.45, 2.75) is 104 Å². The summed E-state index contributed by atoms with van der Waals surface area (Å²) >= 11 is 0. The Kier molecular flexibility index (Phi) is 15.5. The van der Waals surface area contributed by atoms with Gasteiger partial charge in [0.15, 0.2) is 5.78 Å². The average Bonchev–Trinajstić information content (AvgIpc) is 2.63. The number of aldehydes is 1. The fourth-order valence-corrected chi connectivity index (χ4v) is 3.15. The van der Waals surface area contributed by atoms with Crippen LogP contribution in [-0.2, 0) is 9.59 Å². The first-order valence-corrected chi connectivity index (χ1v) is 10.5. The third-order valence-electron chi connectivity index (χ3n) is 4.89. The van der Waals surface area contributed by atoms with Crippen LogP contribution in [0, 0.1) is 5.41 Å². The minimum Gasteiger partial charge on any atom is -0.303 e.